The minimum atomic E-state index is -4.87. The van der Waals surface area contributed by atoms with E-state index in [0.29, 0.717) is 5.56 Å². The van der Waals surface area contributed by atoms with Crippen LogP contribution in [0.2, 0.25) is 5.02 Å². The second kappa shape index (κ2) is 7.96. The molecule has 1 atom stereocenters. The zero-order chi connectivity index (χ0) is 22.3. The van der Waals surface area contributed by atoms with Gasteiger partial charge in [-0.15, -0.1) is 0 Å². The predicted octanol–water partition coefficient (Wildman–Crippen LogP) is 4.68. The molecule has 0 bridgehead atoms. The first-order valence-electron chi connectivity index (χ1n) is 8.68. The third-order valence-electron chi connectivity index (χ3n) is 4.31. The lowest BCUT2D eigenvalue weighted by atomic mass is 9.96. The molecule has 160 valence electrons. The van der Waals surface area contributed by atoms with Gasteiger partial charge < -0.3 is 9.47 Å². The van der Waals surface area contributed by atoms with E-state index in [9.17, 15) is 26.4 Å². The van der Waals surface area contributed by atoms with E-state index >= 15 is 0 Å². The Balaban J connectivity index is 2.17. The molecule has 0 aliphatic carbocycles. The molecule has 0 spiro atoms. The molecule has 1 unspecified atom stereocenters. The number of carbonyl (C=O) groups is 1. The Kier molecular flexibility index (Phi) is 5.88. The molecule has 0 saturated carbocycles. The number of halogens is 4. The first-order chi connectivity index (χ1) is 13.9. The predicted molar refractivity (Wildman–Crippen MR) is 105 cm³/mol. The molecule has 0 radical (unpaired) electrons. The molecule has 10 heteroatoms. The van der Waals surface area contributed by atoms with Crippen molar-refractivity contribution in [2.75, 3.05) is 12.9 Å². The van der Waals surface area contributed by atoms with Crippen LogP contribution < -0.4 is 4.74 Å². The molecule has 2 aromatic carbocycles. The van der Waals surface area contributed by atoms with E-state index in [1.165, 1.54) is 43.3 Å². The smallest absolute Gasteiger partial charge is 0.430 e. The first kappa shape index (κ1) is 22.2. The molecule has 1 aliphatic heterocycles. The lowest BCUT2D eigenvalue weighted by Crippen LogP contribution is -2.41. The summed E-state index contributed by atoms with van der Waals surface area (Å²) in [6, 6.07) is 8.34. The number of rotatable bonds is 4. The summed E-state index contributed by atoms with van der Waals surface area (Å²) in [5.41, 5.74) is 0.117. The molecule has 0 saturated heterocycles. The fourth-order valence-corrected chi connectivity index (χ4v) is 3.85. The molecule has 0 N–H and O–H groups in total. The molecule has 1 aliphatic rings. The fraction of sp³-hybridized carbons (Fsp3) is 0.250. The Labute approximate surface area is 176 Å². The van der Waals surface area contributed by atoms with Crippen LogP contribution in [0.25, 0.3) is 17.2 Å². The van der Waals surface area contributed by atoms with Gasteiger partial charge in [0.05, 0.1) is 17.1 Å². The third kappa shape index (κ3) is 4.46. The highest BCUT2D eigenvalue weighted by molar-refractivity contribution is 7.90. The Bertz CT molecular complexity index is 1120. The van der Waals surface area contributed by atoms with Gasteiger partial charge in [-0.25, -0.2) is 13.2 Å². The summed E-state index contributed by atoms with van der Waals surface area (Å²) in [6.07, 6.45) is -5.29. The van der Waals surface area contributed by atoms with Crippen LogP contribution in [0.1, 0.15) is 12.5 Å². The van der Waals surface area contributed by atoms with Crippen molar-refractivity contribution in [3.05, 3.63) is 52.6 Å². The number of alkyl halides is 3. The Morgan fingerprint density at radius 1 is 1.20 bits per heavy atom. The van der Waals surface area contributed by atoms with Crippen molar-refractivity contribution in [2.24, 2.45) is 0 Å². The van der Waals surface area contributed by atoms with Gasteiger partial charge in [-0.2, -0.15) is 13.2 Å². The minimum Gasteiger partial charge on any atom is -0.475 e. The highest BCUT2D eigenvalue weighted by Gasteiger charge is 2.49. The summed E-state index contributed by atoms with van der Waals surface area (Å²) in [5, 5.41) is 0.199. The van der Waals surface area contributed by atoms with Crippen molar-refractivity contribution in [1.82, 2.24) is 0 Å². The van der Waals surface area contributed by atoms with Gasteiger partial charge in [0.15, 0.2) is 9.84 Å². The van der Waals surface area contributed by atoms with E-state index in [-0.39, 0.29) is 33.4 Å². The monoisotopic (exact) mass is 460 g/mol. The zero-order valence-electron chi connectivity index (χ0n) is 15.8. The van der Waals surface area contributed by atoms with Gasteiger partial charge in [-0.3, -0.25) is 0 Å². The van der Waals surface area contributed by atoms with Crippen molar-refractivity contribution < 1.29 is 35.9 Å². The van der Waals surface area contributed by atoms with Crippen LogP contribution >= 0.6 is 11.6 Å². The van der Waals surface area contributed by atoms with E-state index in [0.717, 1.165) is 12.3 Å². The normalized spacial score (nSPS) is 16.3. The number of hydrogen-bond donors (Lipinski definition) is 0. The van der Waals surface area contributed by atoms with Crippen LogP contribution in [0.15, 0.2) is 46.9 Å². The molecule has 0 fully saturated rings. The lowest BCUT2D eigenvalue weighted by Gasteiger charge is -2.29. The molecule has 0 amide bonds. The van der Waals surface area contributed by atoms with Crippen molar-refractivity contribution in [2.45, 2.75) is 24.1 Å². The Morgan fingerprint density at radius 3 is 2.37 bits per heavy atom. The number of sulfone groups is 1. The fourth-order valence-electron chi connectivity index (χ4n) is 3.00. The summed E-state index contributed by atoms with van der Waals surface area (Å²) >= 11 is 6.13. The van der Waals surface area contributed by atoms with Crippen LogP contribution in [-0.2, 0) is 19.4 Å². The van der Waals surface area contributed by atoms with Crippen molar-refractivity contribution >= 4 is 33.5 Å². The van der Waals surface area contributed by atoms with Crippen LogP contribution in [-0.4, -0.2) is 39.5 Å². The second-order valence-corrected chi connectivity index (χ2v) is 8.98. The molecule has 2 aromatic rings. The molecule has 0 aromatic heterocycles. The van der Waals surface area contributed by atoms with E-state index in [4.69, 9.17) is 21.1 Å². The molecule has 5 nitrogen and oxygen atoms in total. The average Bonchev–Trinajstić information content (AvgIpc) is 2.65. The van der Waals surface area contributed by atoms with E-state index in [2.05, 4.69) is 0 Å². The number of benzene rings is 2. The summed E-state index contributed by atoms with van der Waals surface area (Å²) in [5.74, 6) is -1.26. The van der Waals surface area contributed by atoms with E-state index in [1.54, 1.807) is 0 Å². The third-order valence-corrected chi connectivity index (χ3v) is 5.66. The molecular formula is C20H16ClF3O5S. The number of ether oxygens (including phenoxy) is 2. The highest BCUT2D eigenvalue weighted by Crippen LogP contribution is 2.44. The minimum absolute atomic E-state index is 0.0562. The molecule has 30 heavy (non-hydrogen) atoms. The van der Waals surface area contributed by atoms with Crippen LogP contribution in [0.3, 0.4) is 0 Å². The van der Waals surface area contributed by atoms with Gasteiger partial charge in [0.1, 0.15) is 5.75 Å². The SMILES string of the molecule is CCOC(=O)C1=Cc2cc(Cl)cc(-c3ccc(S(C)(=O)=O)cc3)c2OC1C(F)(F)F. The van der Waals surface area contributed by atoms with Crippen molar-refractivity contribution in [3.63, 3.8) is 0 Å². The number of fused-ring (bicyclic) bond motifs is 1. The van der Waals surface area contributed by atoms with Crippen molar-refractivity contribution in [1.29, 1.82) is 0 Å². The summed E-state index contributed by atoms with van der Waals surface area (Å²) in [4.78, 5) is 12.1. The number of hydrogen-bond acceptors (Lipinski definition) is 5. The molecular weight excluding hydrogens is 445 g/mol. The summed E-state index contributed by atoms with van der Waals surface area (Å²) < 4.78 is 74.1. The van der Waals surface area contributed by atoms with Gasteiger partial charge in [0.25, 0.3) is 0 Å². The number of esters is 1. The quantitative estimate of drug-likeness (QED) is 0.620. The van der Waals surface area contributed by atoms with Crippen LogP contribution in [0.5, 0.6) is 5.75 Å². The van der Waals surface area contributed by atoms with Crippen LogP contribution in [0, 0.1) is 0 Å². The first-order valence-corrected chi connectivity index (χ1v) is 10.9. The van der Waals surface area contributed by atoms with Gasteiger partial charge >= 0.3 is 12.1 Å². The maximum absolute atomic E-state index is 13.6. The van der Waals surface area contributed by atoms with Crippen molar-refractivity contribution in [3.8, 4) is 16.9 Å². The largest absolute Gasteiger partial charge is 0.475 e. The average molecular weight is 461 g/mol. The summed E-state index contributed by atoms with van der Waals surface area (Å²) in [7, 11) is -3.44. The standard InChI is InChI=1S/C20H16ClF3O5S/c1-3-28-19(25)16-9-12-8-13(21)10-15(17(12)29-18(16)20(22,23)24)11-4-6-14(7-5-11)30(2,26)27/h4-10,18H,3H2,1-2H3. The topological polar surface area (TPSA) is 69.7 Å². The van der Waals surface area contributed by atoms with Crippen LogP contribution in [0.4, 0.5) is 13.2 Å². The Morgan fingerprint density at radius 2 is 1.83 bits per heavy atom. The molecule has 1 heterocycles. The summed E-state index contributed by atoms with van der Waals surface area (Å²) in [6.45, 7) is 1.38. The zero-order valence-corrected chi connectivity index (χ0v) is 17.4. The maximum Gasteiger partial charge on any atom is 0.430 e. The lowest BCUT2D eigenvalue weighted by molar-refractivity contribution is -0.187. The van der Waals surface area contributed by atoms with Gasteiger partial charge in [-0.1, -0.05) is 23.7 Å². The molecule has 3 rings (SSSR count). The van der Waals surface area contributed by atoms with E-state index in [1.807, 2.05) is 0 Å². The maximum atomic E-state index is 13.6. The highest BCUT2D eigenvalue weighted by atomic mass is 35.5. The van der Waals surface area contributed by atoms with E-state index < -0.39 is 33.7 Å². The second-order valence-electron chi connectivity index (χ2n) is 6.53. The van der Waals surface area contributed by atoms with Gasteiger partial charge in [0, 0.05) is 22.4 Å². The van der Waals surface area contributed by atoms with Gasteiger partial charge in [0.2, 0.25) is 6.10 Å². The van der Waals surface area contributed by atoms with Gasteiger partial charge in [-0.05, 0) is 42.8 Å². The Hall–Kier alpha value is -2.52. The number of carbonyl (C=O) groups excluding carboxylic acids is 1.